The topological polar surface area (TPSA) is 54.7 Å². The smallest absolute Gasteiger partial charge is 0.107 e. The van der Waals surface area contributed by atoms with Crippen LogP contribution in [0.2, 0.25) is 0 Å². The van der Waals surface area contributed by atoms with Gasteiger partial charge in [-0.15, -0.1) is 0 Å². The molecular formula is C3H5N3S. The van der Waals surface area contributed by atoms with Crippen molar-refractivity contribution in [3.8, 4) is 0 Å². The first-order valence-corrected chi connectivity index (χ1v) is 2.66. The number of nitrogens with two attached hydrogens (primary N) is 1. The van der Waals surface area contributed by atoms with Gasteiger partial charge in [-0.1, -0.05) is 0 Å². The predicted octanol–water partition coefficient (Wildman–Crippen LogP) is 0.376. The molecule has 1 rings (SSSR count). The maximum Gasteiger partial charge on any atom is 0.107 e. The summed E-state index contributed by atoms with van der Waals surface area (Å²) in [6, 6.07) is 0. The van der Waals surface area contributed by atoms with E-state index in [1.165, 1.54) is 0 Å². The van der Waals surface area contributed by atoms with Crippen LogP contribution in [0.4, 0.5) is 0 Å². The Labute approximate surface area is 45.5 Å². The van der Waals surface area contributed by atoms with Crippen LogP contribution < -0.4 is 5.14 Å². The van der Waals surface area contributed by atoms with Crippen molar-refractivity contribution in [1.82, 2.24) is 9.97 Å². The molecule has 38 valence electrons. The molecule has 1 aromatic heterocycles. The van der Waals surface area contributed by atoms with Gasteiger partial charge in [-0.2, -0.15) is 0 Å². The second-order valence-corrected chi connectivity index (χ2v) is 1.71. The SMILES string of the molecule is NSc1cnc[nH]1. The molecule has 0 aliphatic rings. The van der Waals surface area contributed by atoms with E-state index < -0.39 is 0 Å². The average Bonchev–Trinajstić information content (AvgIpc) is 2.14. The molecule has 4 heteroatoms. The van der Waals surface area contributed by atoms with Crippen molar-refractivity contribution in [3.05, 3.63) is 12.5 Å². The minimum absolute atomic E-state index is 0.889. The molecule has 1 heterocycles. The molecule has 0 aliphatic carbocycles. The van der Waals surface area contributed by atoms with Crippen molar-refractivity contribution in [1.29, 1.82) is 0 Å². The zero-order valence-corrected chi connectivity index (χ0v) is 4.40. The molecule has 0 spiro atoms. The van der Waals surface area contributed by atoms with Crippen LogP contribution in [-0.4, -0.2) is 9.97 Å². The largest absolute Gasteiger partial charge is 0.339 e. The maximum absolute atomic E-state index is 5.14. The van der Waals surface area contributed by atoms with Crippen LogP contribution in [-0.2, 0) is 0 Å². The molecule has 0 saturated heterocycles. The molecule has 0 aromatic carbocycles. The quantitative estimate of drug-likeness (QED) is 0.520. The van der Waals surface area contributed by atoms with E-state index in [1.807, 2.05) is 0 Å². The molecule has 0 fully saturated rings. The molecule has 0 saturated carbocycles. The van der Waals surface area contributed by atoms with Gasteiger partial charge >= 0.3 is 0 Å². The Kier molecular flexibility index (Phi) is 1.33. The Hall–Kier alpha value is -0.480. The molecule has 1 aromatic rings. The number of aromatic amines is 1. The molecule has 0 aliphatic heterocycles. The highest BCUT2D eigenvalue weighted by Crippen LogP contribution is 2.02. The third kappa shape index (κ3) is 0.942. The molecule has 0 unspecified atom stereocenters. The molecule has 3 nitrogen and oxygen atoms in total. The summed E-state index contributed by atoms with van der Waals surface area (Å²) in [5.74, 6) is 0. The summed E-state index contributed by atoms with van der Waals surface area (Å²) in [5.41, 5.74) is 0. The normalized spacial score (nSPS) is 9.29. The van der Waals surface area contributed by atoms with Crippen molar-refractivity contribution in [2.45, 2.75) is 5.03 Å². The Morgan fingerprint density at radius 2 is 2.71 bits per heavy atom. The lowest BCUT2D eigenvalue weighted by atomic mass is 11.0. The minimum atomic E-state index is 0.889. The van der Waals surface area contributed by atoms with Gasteiger partial charge in [-0.25, -0.2) is 4.98 Å². The van der Waals surface area contributed by atoms with Crippen LogP contribution in [0.25, 0.3) is 0 Å². The maximum atomic E-state index is 5.14. The van der Waals surface area contributed by atoms with E-state index in [0.717, 1.165) is 17.0 Å². The van der Waals surface area contributed by atoms with Crippen molar-refractivity contribution in [2.24, 2.45) is 5.14 Å². The predicted molar refractivity (Wildman–Crippen MR) is 28.6 cm³/mol. The standard InChI is InChI=1S/C3H5N3S/c4-7-3-1-5-2-6-3/h1-2H,4H2,(H,5,6). The van der Waals surface area contributed by atoms with Gasteiger partial charge in [0, 0.05) is 0 Å². The van der Waals surface area contributed by atoms with Gasteiger partial charge in [-0.05, 0) is 11.9 Å². The van der Waals surface area contributed by atoms with E-state index in [4.69, 9.17) is 5.14 Å². The van der Waals surface area contributed by atoms with Gasteiger partial charge in [0.05, 0.1) is 12.5 Å². The summed E-state index contributed by atoms with van der Waals surface area (Å²) in [5, 5.41) is 6.03. The van der Waals surface area contributed by atoms with Crippen LogP contribution in [0.3, 0.4) is 0 Å². The van der Waals surface area contributed by atoms with Crippen molar-refractivity contribution in [2.75, 3.05) is 0 Å². The lowest BCUT2D eigenvalue weighted by Crippen LogP contribution is -1.75. The van der Waals surface area contributed by atoms with Crippen LogP contribution in [0.1, 0.15) is 0 Å². The van der Waals surface area contributed by atoms with Crippen LogP contribution in [0.15, 0.2) is 17.6 Å². The number of H-pyrrole nitrogens is 1. The van der Waals surface area contributed by atoms with Gasteiger partial charge in [-0.3, -0.25) is 5.14 Å². The fourth-order valence-electron chi connectivity index (χ4n) is 0.308. The summed E-state index contributed by atoms with van der Waals surface area (Å²) in [4.78, 5) is 6.55. The van der Waals surface area contributed by atoms with Crippen molar-refractivity contribution >= 4 is 11.9 Å². The zero-order chi connectivity index (χ0) is 5.11. The zero-order valence-electron chi connectivity index (χ0n) is 3.59. The first-order valence-electron chi connectivity index (χ1n) is 1.78. The third-order valence-corrected chi connectivity index (χ3v) is 1.08. The van der Waals surface area contributed by atoms with Crippen LogP contribution in [0, 0.1) is 0 Å². The van der Waals surface area contributed by atoms with E-state index in [9.17, 15) is 0 Å². The Balaban J connectivity index is 2.76. The summed E-state index contributed by atoms with van der Waals surface area (Å²) in [6.07, 6.45) is 3.26. The van der Waals surface area contributed by atoms with Gasteiger partial charge in [0.25, 0.3) is 0 Å². The first-order chi connectivity index (χ1) is 3.43. The van der Waals surface area contributed by atoms with Crippen LogP contribution >= 0.6 is 11.9 Å². The third-order valence-electron chi connectivity index (χ3n) is 0.600. The van der Waals surface area contributed by atoms with Crippen LogP contribution in [0.5, 0.6) is 0 Å². The van der Waals surface area contributed by atoms with Gasteiger partial charge in [0.1, 0.15) is 5.03 Å². The second-order valence-electron chi connectivity index (χ2n) is 1.03. The van der Waals surface area contributed by atoms with Gasteiger partial charge in [0.2, 0.25) is 0 Å². The molecule has 0 bridgehead atoms. The first kappa shape index (κ1) is 4.67. The number of nitrogens with zero attached hydrogens (tertiary/aromatic N) is 1. The number of hydrogen-bond donors (Lipinski definition) is 2. The molecule has 0 radical (unpaired) electrons. The summed E-state index contributed by atoms with van der Waals surface area (Å²) in [7, 11) is 0. The summed E-state index contributed by atoms with van der Waals surface area (Å²) >= 11 is 1.16. The molecule has 0 amide bonds. The van der Waals surface area contributed by atoms with Crippen molar-refractivity contribution in [3.63, 3.8) is 0 Å². The molecule has 3 N–H and O–H groups in total. The Bertz CT molecular complexity index is 125. The van der Waals surface area contributed by atoms with Gasteiger partial charge in [0.15, 0.2) is 0 Å². The summed E-state index contributed by atoms with van der Waals surface area (Å²) < 4.78 is 0. The fraction of sp³-hybridized carbons (Fsp3) is 0. The number of aromatic nitrogens is 2. The number of nitrogens with one attached hydrogen (secondary N) is 1. The molecular weight excluding hydrogens is 110 g/mol. The van der Waals surface area contributed by atoms with E-state index in [-0.39, 0.29) is 0 Å². The van der Waals surface area contributed by atoms with Gasteiger partial charge < -0.3 is 4.98 Å². The lowest BCUT2D eigenvalue weighted by molar-refractivity contribution is 1.20. The number of hydrogen-bond acceptors (Lipinski definition) is 3. The van der Waals surface area contributed by atoms with E-state index >= 15 is 0 Å². The highest BCUT2D eigenvalue weighted by molar-refractivity contribution is 7.97. The Morgan fingerprint density at radius 1 is 1.86 bits per heavy atom. The highest BCUT2D eigenvalue weighted by atomic mass is 32.2. The van der Waals surface area contributed by atoms with E-state index in [1.54, 1.807) is 12.5 Å². The fourth-order valence-corrected chi connectivity index (χ4v) is 0.550. The molecule has 7 heavy (non-hydrogen) atoms. The highest BCUT2D eigenvalue weighted by Gasteiger charge is 1.83. The van der Waals surface area contributed by atoms with Crippen molar-refractivity contribution < 1.29 is 0 Å². The van der Waals surface area contributed by atoms with E-state index in [0.29, 0.717) is 0 Å². The monoisotopic (exact) mass is 115 g/mol. The lowest BCUT2D eigenvalue weighted by Gasteiger charge is -1.79. The second kappa shape index (κ2) is 1.99. The summed E-state index contributed by atoms with van der Waals surface area (Å²) in [6.45, 7) is 0. The Morgan fingerprint density at radius 3 is 3.00 bits per heavy atom. The minimum Gasteiger partial charge on any atom is -0.339 e. The number of imidazole rings is 1. The average molecular weight is 115 g/mol. The number of rotatable bonds is 1. The van der Waals surface area contributed by atoms with E-state index in [2.05, 4.69) is 9.97 Å². The molecule has 0 atom stereocenters.